The van der Waals surface area contributed by atoms with Crippen molar-refractivity contribution in [3.63, 3.8) is 0 Å². The Morgan fingerprint density at radius 3 is 2.31 bits per heavy atom. The van der Waals surface area contributed by atoms with Gasteiger partial charge in [0.1, 0.15) is 0 Å². The van der Waals surface area contributed by atoms with Gasteiger partial charge in [-0.1, -0.05) is 13.8 Å². The Labute approximate surface area is 95.6 Å². The second-order valence-electron chi connectivity index (χ2n) is 4.65. The molecule has 0 aliphatic heterocycles. The maximum atomic E-state index is 11.4. The Morgan fingerprint density at radius 1 is 1.38 bits per heavy atom. The molecule has 0 spiro atoms. The highest BCUT2D eigenvalue weighted by Gasteiger charge is 2.50. The molecule has 0 atom stereocenters. The lowest BCUT2D eigenvalue weighted by atomic mass is 10.1. The first-order valence-electron chi connectivity index (χ1n) is 5.25. The minimum Gasteiger partial charge on any atom is -0.481 e. The van der Waals surface area contributed by atoms with Gasteiger partial charge in [-0.15, -0.1) is 0 Å². The van der Waals surface area contributed by atoms with Crippen molar-refractivity contribution in [1.29, 1.82) is 0 Å². The summed E-state index contributed by atoms with van der Waals surface area (Å²) in [6.45, 7) is 4.09. The lowest BCUT2D eigenvalue weighted by Gasteiger charge is -2.13. The molecule has 1 saturated carbocycles. The van der Waals surface area contributed by atoms with E-state index < -0.39 is 21.6 Å². The summed E-state index contributed by atoms with van der Waals surface area (Å²) >= 11 is 0. The Hall–Kier alpha value is -0.660. The van der Waals surface area contributed by atoms with Crippen molar-refractivity contribution >= 4 is 16.2 Å². The Morgan fingerprint density at radius 2 is 1.94 bits per heavy atom. The van der Waals surface area contributed by atoms with Crippen LogP contribution in [-0.4, -0.2) is 32.6 Å². The summed E-state index contributed by atoms with van der Waals surface area (Å²) in [6, 6.07) is 0. The van der Waals surface area contributed by atoms with Gasteiger partial charge in [0.15, 0.2) is 0 Å². The number of rotatable bonds is 7. The fourth-order valence-electron chi connectivity index (χ4n) is 1.18. The van der Waals surface area contributed by atoms with Crippen LogP contribution in [-0.2, 0) is 15.0 Å². The monoisotopic (exact) mass is 250 g/mol. The molecule has 0 bridgehead atoms. The molecule has 1 aliphatic carbocycles. The van der Waals surface area contributed by atoms with Crippen molar-refractivity contribution < 1.29 is 18.3 Å². The molecule has 0 aromatic rings. The number of carbonyl (C=O) groups is 1. The first kappa shape index (κ1) is 13.4. The molecule has 0 aromatic carbocycles. The molecule has 3 N–H and O–H groups in total. The van der Waals surface area contributed by atoms with Crippen LogP contribution in [0.5, 0.6) is 0 Å². The molecular formula is C9H18N2O4S. The van der Waals surface area contributed by atoms with Crippen molar-refractivity contribution in [2.75, 3.05) is 13.1 Å². The summed E-state index contributed by atoms with van der Waals surface area (Å²) in [7, 11) is -3.57. The van der Waals surface area contributed by atoms with Crippen LogP contribution in [0.1, 0.15) is 26.7 Å². The van der Waals surface area contributed by atoms with Gasteiger partial charge in [0, 0.05) is 13.1 Å². The number of hydrogen-bond acceptors (Lipinski definition) is 3. The van der Waals surface area contributed by atoms with E-state index in [1.54, 1.807) is 0 Å². The Balaban J connectivity index is 2.40. The van der Waals surface area contributed by atoms with Gasteiger partial charge in [-0.2, -0.15) is 8.42 Å². The predicted molar refractivity (Wildman–Crippen MR) is 59.1 cm³/mol. The van der Waals surface area contributed by atoms with Crippen LogP contribution in [0, 0.1) is 11.3 Å². The normalized spacial score (nSPS) is 18.7. The fourth-order valence-corrected chi connectivity index (χ4v) is 2.30. The molecule has 94 valence electrons. The minimum absolute atomic E-state index is 0.0320. The number of nitrogens with one attached hydrogen (secondary N) is 2. The average Bonchev–Trinajstić information content (AvgIpc) is 2.93. The third-order valence-corrected chi connectivity index (χ3v) is 3.66. The zero-order valence-corrected chi connectivity index (χ0v) is 10.3. The van der Waals surface area contributed by atoms with E-state index in [-0.39, 0.29) is 12.5 Å². The van der Waals surface area contributed by atoms with E-state index in [0.717, 1.165) is 0 Å². The molecule has 7 heteroatoms. The molecule has 1 rings (SSSR count). The second kappa shape index (κ2) is 4.68. The summed E-state index contributed by atoms with van der Waals surface area (Å²) < 4.78 is 27.5. The molecule has 0 heterocycles. The number of carboxylic acids is 1. The molecular weight excluding hydrogens is 232 g/mol. The molecule has 6 nitrogen and oxygen atoms in total. The van der Waals surface area contributed by atoms with Crippen molar-refractivity contribution in [3.05, 3.63) is 0 Å². The van der Waals surface area contributed by atoms with Crippen molar-refractivity contribution in [3.8, 4) is 0 Å². The van der Waals surface area contributed by atoms with Gasteiger partial charge >= 0.3 is 5.97 Å². The smallest absolute Gasteiger partial charge is 0.310 e. The molecule has 1 fully saturated rings. The molecule has 0 amide bonds. The third kappa shape index (κ3) is 3.73. The number of aliphatic carboxylic acids is 1. The lowest BCUT2D eigenvalue weighted by Crippen LogP contribution is -2.42. The third-order valence-electron chi connectivity index (χ3n) is 2.59. The first-order chi connectivity index (χ1) is 7.27. The summed E-state index contributed by atoms with van der Waals surface area (Å²) in [5.41, 5.74) is -0.868. The Kier molecular flexibility index (Phi) is 3.92. The first-order valence-corrected chi connectivity index (χ1v) is 6.73. The predicted octanol–water partition coefficient (Wildman–Crippen LogP) is -0.0688. The van der Waals surface area contributed by atoms with Crippen LogP contribution in [0.25, 0.3) is 0 Å². The van der Waals surface area contributed by atoms with Gasteiger partial charge in [-0.05, 0) is 18.8 Å². The fraction of sp³-hybridized carbons (Fsp3) is 0.889. The maximum Gasteiger partial charge on any atom is 0.310 e. The van der Waals surface area contributed by atoms with Crippen molar-refractivity contribution in [2.24, 2.45) is 11.3 Å². The molecule has 16 heavy (non-hydrogen) atoms. The highest BCUT2D eigenvalue weighted by Crippen LogP contribution is 2.45. The van der Waals surface area contributed by atoms with Crippen LogP contribution in [0.2, 0.25) is 0 Å². The highest BCUT2D eigenvalue weighted by atomic mass is 32.2. The summed E-state index contributed by atoms with van der Waals surface area (Å²) in [5, 5.41) is 8.86. The largest absolute Gasteiger partial charge is 0.481 e. The van der Waals surface area contributed by atoms with Crippen molar-refractivity contribution in [1.82, 2.24) is 9.44 Å². The van der Waals surface area contributed by atoms with Gasteiger partial charge < -0.3 is 5.11 Å². The molecule has 0 unspecified atom stereocenters. The van der Waals surface area contributed by atoms with Crippen LogP contribution >= 0.6 is 0 Å². The van der Waals surface area contributed by atoms with Gasteiger partial charge in [0.05, 0.1) is 5.41 Å². The van der Waals surface area contributed by atoms with E-state index in [1.807, 2.05) is 13.8 Å². The quantitative estimate of drug-likeness (QED) is 0.589. The summed E-state index contributed by atoms with van der Waals surface area (Å²) in [5.74, 6) is -0.718. The number of carboxylic acid groups (broad SMARTS) is 1. The topological polar surface area (TPSA) is 95.5 Å². The number of hydrogen-bond donors (Lipinski definition) is 3. The van der Waals surface area contributed by atoms with E-state index in [4.69, 9.17) is 5.11 Å². The summed E-state index contributed by atoms with van der Waals surface area (Å²) in [4.78, 5) is 10.8. The van der Waals surface area contributed by atoms with Gasteiger partial charge in [-0.25, -0.2) is 9.44 Å². The zero-order chi connectivity index (χ0) is 12.4. The Bertz CT molecular complexity index is 360. The van der Waals surface area contributed by atoms with E-state index in [0.29, 0.717) is 19.4 Å². The van der Waals surface area contributed by atoms with E-state index >= 15 is 0 Å². The maximum absolute atomic E-state index is 11.4. The summed E-state index contributed by atoms with van der Waals surface area (Å²) in [6.07, 6.45) is 1.07. The molecule has 1 aliphatic rings. The van der Waals surface area contributed by atoms with E-state index in [9.17, 15) is 13.2 Å². The molecule has 0 aromatic heterocycles. The van der Waals surface area contributed by atoms with E-state index in [2.05, 4.69) is 9.44 Å². The lowest BCUT2D eigenvalue weighted by molar-refractivity contribution is -0.143. The SMILES string of the molecule is CC(C)CNS(=O)(=O)NCC1(C(=O)O)CC1. The van der Waals surface area contributed by atoms with Gasteiger partial charge in [0.2, 0.25) is 0 Å². The highest BCUT2D eigenvalue weighted by molar-refractivity contribution is 7.87. The van der Waals surface area contributed by atoms with Crippen LogP contribution in [0.3, 0.4) is 0 Å². The standard InChI is InChI=1S/C9H18N2O4S/c1-7(2)5-10-16(14,15)11-6-9(3-4-9)8(12)13/h7,10-11H,3-6H2,1-2H3,(H,12,13). The van der Waals surface area contributed by atoms with Crippen LogP contribution in [0.4, 0.5) is 0 Å². The van der Waals surface area contributed by atoms with Crippen molar-refractivity contribution in [2.45, 2.75) is 26.7 Å². The second-order valence-corrected chi connectivity index (χ2v) is 6.24. The van der Waals surface area contributed by atoms with Crippen LogP contribution < -0.4 is 9.44 Å². The van der Waals surface area contributed by atoms with Gasteiger partial charge in [0.25, 0.3) is 10.2 Å². The molecule has 0 radical (unpaired) electrons. The average molecular weight is 250 g/mol. The zero-order valence-electron chi connectivity index (χ0n) is 9.49. The van der Waals surface area contributed by atoms with E-state index in [1.165, 1.54) is 0 Å². The minimum atomic E-state index is -3.57. The molecule has 0 saturated heterocycles. The van der Waals surface area contributed by atoms with Crippen LogP contribution in [0.15, 0.2) is 0 Å². The van der Waals surface area contributed by atoms with Gasteiger partial charge in [-0.3, -0.25) is 4.79 Å².